The van der Waals surface area contributed by atoms with Crippen LogP contribution < -0.4 is 39.3 Å². The van der Waals surface area contributed by atoms with Crippen LogP contribution in [0.4, 0.5) is 0 Å². The first-order chi connectivity index (χ1) is 22.8. The molecule has 4 rings (SSSR count). The van der Waals surface area contributed by atoms with Gasteiger partial charge in [0.1, 0.15) is 66.8 Å². The topological polar surface area (TPSA) is 348 Å². The minimum absolute atomic E-state index is 0.0135. The summed E-state index contributed by atoms with van der Waals surface area (Å²) in [5.41, 5.74) is 30.0. The number of aliphatic hydroxyl groups excluding tert-OH is 6. The van der Waals surface area contributed by atoms with Crippen molar-refractivity contribution >= 4 is 5.91 Å². The number of rotatable bonds is 14. The molecular weight excluding hydrogens is 642 g/mol. The summed E-state index contributed by atoms with van der Waals surface area (Å²) in [6.45, 7) is -0.394. The average Bonchev–Trinajstić information content (AvgIpc) is 3.36. The molecular formula is C28H53N7O13. The Morgan fingerprint density at radius 2 is 1.58 bits per heavy atom. The quantitative estimate of drug-likeness (QED) is 0.0802. The molecule has 1 aliphatic carbocycles. The number of carbonyl (C=O) groups excluding carboxylic acids is 1. The fraction of sp³-hybridized carbons (Fsp3) is 0.893. The van der Waals surface area contributed by atoms with Crippen LogP contribution in [0.3, 0.4) is 0 Å². The molecule has 20 nitrogen and oxygen atoms in total. The second-order valence-corrected chi connectivity index (χ2v) is 12.5. The van der Waals surface area contributed by atoms with Crippen LogP contribution in [0, 0.1) is 0 Å². The summed E-state index contributed by atoms with van der Waals surface area (Å²) in [6, 6.07) is -3.82. The van der Waals surface area contributed by atoms with E-state index in [0.29, 0.717) is 18.7 Å². The molecule has 20 heteroatoms. The molecule has 1 saturated carbocycles. The van der Waals surface area contributed by atoms with Gasteiger partial charge in [-0.1, -0.05) is 0 Å². The van der Waals surface area contributed by atoms with Gasteiger partial charge in [-0.15, -0.1) is 0 Å². The highest BCUT2D eigenvalue weighted by Gasteiger charge is 2.54. The van der Waals surface area contributed by atoms with Crippen molar-refractivity contribution in [1.29, 1.82) is 0 Å². The van der Waals surface area contributed by atoms with E-state index >= 15 is 0 Å². The molecule has 0 bridgehead atoms. The van der Waals surface area contributed by atoms with E-state index in [-0.39, 0.29) is 25.9 Å². The van der Waals surface area contributed by atoms with Crippen molar-refractivity contribution in [2.45, 2.75) is 123 Å². The summed E-state index contributed by atoms with van der Waals surface area (Å²) in [7, 11) is 1.74. The molecule has 18 N–H and O–H groups in total. The third kappa shape index (κ3) is 8.79. The van der Waals surface area contributed by atoms with Crippen LogP contribution in [0.1, 0.15) is 19.3 Å². The number of amides is 1. The average molecular weight is 696 g/mol. The van der Waals surface area contributed by atoms with Gasteiger partial charge in [-0.2, -0.15) is 0 Å². The molecule has 3 heterocycles. The molecule has 278 valence electrons. The van der Waals surface area contributed by atoms with Gasteiger partial charge in [0.2, 0.25) is 12.2 Å². The predicted octanol–water partition coefficient (Wildman–Crippen LogP) is -7.58. The Hall–Kier alpha value is -1.67. The van der Waals surface area contributed by atoms with Crippen molar-refractivity contribution in [2.24, 2.45) is 28.7 Å². The fourth-order valence-corrected chi connectivity index (χ4v) is 6.23. The van der Waals surface area contributed by atoms with Crippen LogP contribution in [-0.4, -0.2) is 174 Å². The number of nitrogens with two attached hydrogens (primary N) is 5. The molecule has 4 aliphatic rings. The molecule has 48 heavy (non-hydrogen) atoms. The highest BCUT2D eigenvalue weighted by Crippen LogP contribution is 2.34. The zero-order valence-corrected chi connectivity index (χ0v) is 26.8. The summed E-state index contributed by atoms with van der Waals surface area (Å²) in [4.78, 5) is 12.7. The predicted molar refractivity (Wildman–Crippen MR) is 164 cm³/mol. The molecule has 0 radical (unpaired) electrons. The monoisotopic (exact) mass is 695 g/mol. The maximum absolute atomic E-state index is 12.7. The van der Waals surface area contributed by atoms with E-state index in [2.05, 4.69) is 10.6 Å². The Balaban J connectivity index is 1.55. The first-order valence-electron chi connectivity index (χ1n) is 16.1. The number of carbonyl (C=O) groups is 1. The number of hydrogen-bond acceptors (Lipinski definition) is 19. The maximum atomic E-state index is 12.7. The third-order valence-corrected chi connectivity index (χ3v) is 9.00. The van der Waals surface area contributed by atoms with Gasteiger partial charge < -0.3 is 98.4 Å². The molecule has 17 atom stereocenters. The summed E-state index contributed by atoms with van der Waals surface area (Å²) in [5, 5.41) is 69.3. The highest BCUT2D eigenvalue weighted by atomic mass is 16.8. The van der Waals surface area contributed by atoms with Gasteiger partial charge in [0.05, 0.1) is 31.3 Å². The van der Waals surface area contributed by atoms with E-state index in [1.165, 1.54) is 0 Å². The van der Waals surface area contributed by atoms with Crippen LogP contribution in [0.25, 0.3) is 0 Å². The van der Waals surface area contributed by atoms with Gasteiger partial charge in [-0.25, -0.2) is 0 Å². The van der Waals surface area contributed by atoms with Crippen LogP contribution in [-0.2, 0) is 33.2 Å². The lowest BCUT2D eigenvalue weighted by Crippen LogP contribution is -2.67. The summed E-state index contributed by atoms with van der Waals surface area (Å²) in [6.07, 6.45) is -15.3. The van der Waals surface area contributed by atoms with Gasteiger partial charge >= 0.3 is 0 Å². The molecule has 0 aromatic carbocycles. The van der Waals surface area contributed by atoms with Gasteiger partial charge in [0.25, 0.3) is 0 Å². The highest BCUT2D eigenvalue weighted by molar-refractivity contribution is 5.80. The van der Waals surface area contributed by atoms with Crippen LogP contribution in [0.15, 0.2) is 11.8 Å². The van der Waals surface area contributed by atoms with Crippen molar-refractivity contribution in [2.75, 3.05) is 33.3 Å². The van der Waals surface area contributed by atoms with Gasteiger partial charge in [-0.3, -0.25) is 4.79 Å². The van der Waals surface area contributed by atoms with E-state index in [1.54, 1.807) is 7.05 Å². The van der Waals surface area contributed by atoms with Gasteiger partial charge in [-0.05, 0) is 38.9 Å². The van der Waals surface area contributed by atoms with E-state index < -0.39 is 117 Å². The van der Waals surface area contributed by atoms with E-state index in [4.69, 9.17) is 57.1 Å². The lowest BCUT2D eigenvalue weighted by Gasteiger charge is -2.46. The van der Waals surface area contributed by atoms with Gasteiger partial charge in [0.15, 0.2) is 12.6 Å². The van der Waals surface area contributed by atoms with Crippen LogP contribution >= 0.6 is 0 Å². The fourth-order valence-electron chi connectivity index (χ4n) is 6.23. The van der Waals surface area contributed by atoms with Crippen molar-refractivity contribution in [1.82, 2.24) is 10.6 Å². The minimum Gasteiger partial charge on any atom is -0.467 e. The zero-order valence-electron chi connectivity index (χ0n) is 26.8. The minimum atomic E-state index is -1.64. The number of aliphatic hydroxyl groups is 6. The lowest BCUT2D eigenvalue weighted by atomic mass is 9.83. The Labute approximate surface area is 277 Å². The number of likely N-dealkylation sites (N-methyl/N-ethyl adjacent to an activating group) is 1. The molecule has 1 amide bonds. The van der Waals surface area contributed by atoms with Crippen LogP contribution in [0.5, 0.6) is 0 Å². The summed E-state index contributed by atoms with van der Waals surface area (Å²) >= 11 is 0. The standard InChI is InChI=1S/C28H53N7O13/c1-34-8-10-2-3-11(31)26(43-10)46-22-12(32)6-13(35-25(42)14(37)4-5-29)18(38)24(22)48-28-21(41)23(16(9-36)45-28)47-27-17(33)20(40)19(39)15(7-30)44-27/h2,11-24,26-28,34,36-41H,3-9,29-33H2,1H3,(H,35,42)/t11-,12+,13-,14?,15+,16-,17-,18+,19-,20-,21-,22-,23-,24-,26-,27-,28+/m1/s1. The Bertz CT molecular complexity index is 1070. The Morgan fingerprint density at radius 1 is 0.917 bits per heavy atom. The third-order valence-electron chi connectivity index (χ3n) is 9.00. The first-order valence-corrected chi connectivity index (χ1v) is 16.1. The number of hydrogen-bond donors (Lipinski definition) is 13. The van der Waals surface area contributed by atoms with Gasteiger partial charge in [0, 0.05) is 12.6 Å². The van der Waals surface area contributed by atoms with Crippen molar-refractivity contribution in [3.8, 4) is 0 Å². The molecule has 0 aromatic rings. The van der Waals surface area contributed by atoms with Crippen molar-refractivity contribution in [3.63, 3.8) is 0 Å². The Kier molecular flexibility index (Phi) is 14.3. The molecule has 0 aromatic heterocycles. The second kappa shape index (κ2) is 17.5. The second-order valence-electron chi connectivity index (χ2n) is 12.5. The van der Waals surface area contributed by atoms with E-state index in [9.17, 15) is 35.4 Å². The Morgan fingerprint density at radius 3 is 2.23 bits per heavy atom. The number of ether oxygens (including phenoxy) is 6. The van der Waals surface area contributed by atoms with Crippen LogP contribution in [0.2, 0.25) is 0 Å². The smallest absolute Gasteiger partial charge is 0.249 e. The SMILES string of the molecule is CNCC1=CC[C@@H](N)[C@@H](O[C@H]2[C@H](O[C@@H]3O[C@H](CO)[C@@H](O[C@H]4O[C@@H](CN)[C@@H](O)[C@H](O)[C@H]4N)[C@H]3O)[C@@H](O)[C@H](NC(=O)C(O)CCN)C[C@@H]2N)O1. The van der Waals surface area contributed by atoms with E-state index in [0.717, 1.165) is 0 Å². The molecule has 2 saturated heterocycles. The maximum Gasteiger partial charge on any atom is 0.249 e. The number of nitrogens with one attached hydrogen (secondary N) is 2. The van der Waals surface area contributed by atoms with Crippen molar-refractivity contribution in [3.05, 3.63) is 11.8 Å². The molecule has 3 fully saturated rings. The normalized spacial score (nSPS) is 44.1. The molecule has 1 unspecified atom stereocenters. The summed E-state index contributed by atoms with van der Waals surface area (Å²) in [5.74, 6) is -0.212. The van der Waals surface area contributed by atoms with E-state index in [1.807, 2.05) is 6.08 Å². The summed E-state index contributed by atoms with van der Waals surface area (Å²) < 4.78 is 35.6. The molecule has 0 spiro atoms. The van der Waals surface area contributed by atoms with Crippen molar-refractivity contribution < 1.29 is 63.9 Å². The largest absolute Gasteiger partial charge is 0.467 e. The zero-order chi connectivity index (χ0) is 35.3. The first kappa shape index (κ1) is 39.1. The molecule has 3 aliphatic heterocycles. The lowest BCUT2D eigenvalue weighted by molar-refractivity contribution is -0.282.